The van der Waals surface area contributed by atoms with E-state index in [4.69, 9.17) is 9.97 Å². The summed E-state index contributed by atoms with van der Waals surface area (Å²) in [6.45, 7) is 8.18. The van der Waals surface area contributed by atoms with Crippen molar-refractivity contribution < 1.29 is 2.85 Å². The van der Waals surface area contributed by atoms with Gasteiger partial charge in [-0.1, -0.05) is 51.1 Å². The monoisotopic (exact) mass is 478 g/mol. The van der Waals surface area contributed by atoms with E-state index in [1.165, 1.54) is 27.9 Å². The highest BCUT2D eigenvalue weighted by Gasteiger charge is 2.21. The molecule has 0 atom stereocenters. The highest BCUT2D eigenvalue weighted by molar-refractivity contribution is 6.22. The van der Waals surface area contributed by atoms with Gasteiger partial charge in [-0.15, -0.1) is 0 Å². The Morgan fingerprint density at radius 2 is 1.72 bits per heavy atom. The summed E-state index contributed by atoms with van der Waals surface area (Å²) in [6.07, 6.45) is 7.65. The third-order valence-electron chi connectivity index (χ3n) is 6.99. The maximum Gasteiger partial charge on any atom is 0.116 e. The van der Waals surface area contributed by atoms with Gasteiger partial charge in [-0.05, 0) is 54.3 Å². The van der Waals surface area contributed by atoms with Crippen molar-refractivity contribution in [1.82, 2.24) is 29.9 Å². The second-order valence-corrected chi connectivity index (χ2v) is 9.22. The Labute approximate surface area is 213 Å². The van der Waals surface area contributed by atoms with Crippen molar-refractivity contribution in [3.05, 3.63) is 71.8 Å². The van der Waals surface area contributed by atoms with Crippen LogP contribution in [0, 0.1) is 6.92 Å². The number of aromatic nitrogens is 6. The topological polar surface area (TPSA) is 83.1 Å². The van der Waals surface area contributed by atoms with Crippen molar-refractivity contribution in [3.63, 3.8) is 0 Å². The van der Waals surface area contributed by atoms with Crippen LogP contribution in [-0.4, -0.2) is 29.9 Å². The molecule has 0 radical (unpaired) electrons. The van der Waals surface area contributed by atoms with Gasteiger partial charge in [0, 0.05) is 37.5 Å². The molecule has 184 valence electrons. The molecule has 0 spiro atoms. The summed E-state index contributed by atoms with van der Waals surface area (Å²) in [4.78, 5) is 25.5. The van der Waals surface area contributed by atoms with Crippen molar-refractivity contribution in [2.24, 2.45) is 0 Å². The maximum atomic E-state index is 4.91. The molecule has 0 amide bonds. The number of H-pyrrole nitrogens is 2. The number of fused-ring (bicyclic) bond motifs is 9. The van der Waals surface area contributed by atoms with Crippen molar-refractivity contribution in [3.8, 4) is 22.4 Å². The Bertz CT molecular complexity index is 1750. The highest BCUT2D eigenvalue weighted by Crippen LogP contribution is 2.38. The van der Waals surface area contributed by atoms with Gasteiger partial charge in [-0.3, -0.25) is 0 Å². The molecule has 0 aliphatic heterocycles. The van der Waals surface area contributed by atoms with E-state index in [-0.39, 0.29) is 2.85 Å². The van der Waals surface area contributed by atoms with Gasteiger partial charge in [0.25, 0.3) is 0 Å². The summed E-state index contributed by atoms with van der Waals surface area (Å²) in [7, 11) is 0. The first-order valence-corrected chi connectivity index (χ1v) is 12.9. The lowest BCUT2D eigenvalue weighted by Gasteiger charge is -2.17. The van der Waals surface area contributed by atoms with Crippen LogP contribution in [0.4, 0.5) is 0 Å². The van der Waals surface area contributed by atoms with Crippen LogP contribution in [0.15, 0.2) is 48.9 Å². The van der Waals surface area contributed by atoms with Crippen LogP contribution in [0.25, 0.3) is 55.1 Å². The molecule has 2 N–H and O–H groups in total. The number of hydrogen-bond acceptors (Lipinski definition) is 4. The van der Waals surface area contributed by atoms with Crippen molar-refractivity contribution in [2.75, 3.05) is 0 Å². The fourth-order valence-corrected chi connectivity index (χ4v) is 5.43. The molecule has 3 aromatic carbocycles. The minimum Gasteiger partial charge on any atom is -0.345 e. The Morgan fingerprint density at radius 1 is 0.889 bits per heavy atom. The number of benzene rings is 3. The molecule has 7 rings (SSSR count). The number of aryl methyl sites for hydroxylation is 4. The molecule has 36 heavy (non-hydrogen) atoms. The third kappa shape index (κ3) is 3.48. The van der Waals surface area contributed by atoms with E-state index in [1.807, 2.05) is 27.0 Å². The van der Waals surface area contributed by atoms with Gasteiger partial charge in [0.1, 0.15) is 18.0 Å². The Hall–Kier alpha value is -4.06. The van der Waals surface area contributed by atoms with Crippen molar-refractivity contribution >= 4 is 32.7 Å². The summed E-state index contributed by atoms with van der Waals surface area (Å²) in [5.74, 6) is 1.99. The van der Waals surface area contributed by atoms with E-state index >= 15 is 0 Å². The number of hydrogen-bond donors (Lipinski definition) is 2. The van der Waals surface area contributed by atoms with E-state index in [0.717, 1.165) is 75.7 Å². The van der Waals surface area contributed by atoms with Crippen molar-refractivity contribution in [1.29, 1.82) is 0 Å². The fourth-order valence-electron chi connectivity index (χ4n) is 5.43. The minimum absolute atomic E-state index is 0. The predicted molar refractivity (Wildman–Crippen MR) is 151 cm³/mol. The van der Waals surface area contributed by atoms with E-state index in [0.29, 0.717) is 0 Å². The summed E-state index contributed by atoms with van der Waals surface area (Å²) < 4.78 is 0. The maximum absolute atomic E-state index is 4.91. The Morgan fingerprint density at radius 3 is 2.58 bits per heavy atom. The van der Waals surface area contributed by atoms with E-state index in [9.17, 15) is 0 Å². The van der Waals surface area contributed by atoms with Gasteiger partial charge >= 0.3 is 0 Å². The predicted octanol–water partition coefficient (Wildman–Crippen LogP) is 7.59. The number of nitrogens with zero attached hydrogens (tertiary/aromatic N) is 4. The lowest BCUT2D eigenvalue weighted by Crippen LogP contribution is -2.03. The average molecular weight is 479 g/mol. The molecule has 0 saturated heterocycles. The first kappa shape index (κ1) is 22.4. The van der Waals surface area contributed by atoms with Gasteiger partial charge < -0.3 is 9.97 Å². The molecule has 6 heteroatoms. The van der Waals surface area contributed by atoms with Crippen LogP contribution < -0.4 is 0 Å². The minimum atomic E-state index is 0. The van der Waals surface area contributed by atoms with Crippen molar-refractivity contribution in [2.45, 2.75) is 53.4 Å². The van der Waals surface area contributed by atoms with E-state index < -0.39 is 0 Å². The second kappa shape index (κ2) is 8.86. The smallest absolute Gasteiger partial charge is 0.116 e. The number of nitrogens with one attached hydrogen (secondary N) is 2. The van der Waals surface area contributed by atoms with Gasteiger partial charge in [0.05, 0.1) is 22.2 Å². The van der Waals surface area contributed by atoms with Gasteiger partial charge in [0.15, 0.2) is 0 Å². The molecule has 0 unspecified atom stereocenters. The molecule has 1 aliphatic carbocycles. The second-order valence-electron chi connectivity index (χ2n) is 9.22. The van der Waals surface area contributed by atoms with Gasteiger partial charge in [0.2, 0.25) is 0 Å². The molecule has 6 aromatic rings. The third-order valence-corrected chi connectivity index (χ3v) is 6.99. The molecule has 0 bridgehead atoms. The zero-order valence-corrected chi connectivity index (χ0v) is 21.2. The molecule has 3 heterocycles. The lowest BCUT2D eigenvalue weighted by molar-refractivity contribution is 0.843. The van der Waals surface area contributed by atoms with Crippen LogP contribution in [0.1, 0.15) is 53.0 Å². The Kier molecular flexibility index (Phi) is 5.52. The summed E-state index contributed by atoms with van der Waals surface area (Å²) in [5, 5.41) is 3.29. The zero-order valence-electron chi connectivity index (χ0n) is 21.2. The molecular formula is C30H34N6. The van der Waals surface area contributed by atoms with Crippen LogP contribution in [0.3, 0.4) is 0 Å². The molecule has 1 aliphatic rings. The molecule has 3 aromatic heterocycles. The van der Waals surface area contributed by atoms with Crippen LogP contribution in [0.2, 0.25) is 0 Å². The zero-order chi connectivity index (χ0) is 24.8. The summed E-state index contributed by atoms with van der Waals surface area (Å²) in [6, 6.07) is 13.4. The van der Waals surface area contributed by atoms with E-state index in [1.54, 1.807) is 6.33 Å². The Balaban J connectivity index is 0.000000822. The lowest BCUT2D eigenvalue weighted by atomic mass is 9.89. The van der Waals surface area contributed by atoms with Gasteiger partial charge in [-0.2, -0.15) is 0 Å². The van der Waals surface area contributed by atoms with Crippen LogP contribution in [0.5, 0.6) is 0 Å². The van der Waals surface area contributed by atoms with Crippen LogP contribution >= 0.6 is 0 Å². The first-order chi connectivity index (χ1) is 17.7. The number of aromatic amines is 2. The molecule has 6 nitrogen and oxygen atoms in total. The standard InChI is InChI=1S/C28H24N6.C2H6.2H2/c1-3-4-24-33-23-10-7-18-11-16(5-8-19(18)25(23)34-24)17-6-9-20-21(12-17)22-13-29-14-30-26(22)28-27(20)31-15(2)32-28;1-2;;/h5-6,8-9,11-14H,3-4,7,10H2,1-2H3,(H,31,32)(H,33,34);1-2H3;2*1H. The van der Waals surface area contributed by atoms with E-state index in [2.05, 4.69) is 63.3 Å². The SMILES string of the molecule is CC.CCCc1nc2c([nH]1)CCc1cc(-c3ccc4c(c3)c3cncnc3c3[nH]c(C)nc43)ccc1-2.[HH].[HH]. The molecule has 0 fully saturated rings. The molecular weight excluding hydrogens is 444 g/mol. The first-order valence-electron chi connectivity index (χ1n) is 12.9. The van der Waals surface area contributed by atoms with Gasteiger partial charge in [-0.25, -0.2) is 19.9 Å². The highest BCUT2D eigenvalue weighted by atomic mass is 14.9. The number of imidazole rings is 2. The number of rotatable bonds is 3. The fraction of sp³-hybridized carbons (Fsp3) is 0.267. The van der Waals surface area contributed by atoms with Crippen LogP contribution in [-0.2, 0) is 19.3 Å². The molecule has 0 saturated carbocycles. The summed E-state index contributed by atoms with van der Waals surface area (Å²) in [5.41, 5.74) is 10.3. The largest absolute Gasteiger partial charge is 0.345 e. The normalized spacial score (nSPS) is 12.4. The summed E-state index contributed by atoms with van der Waals surface area (Å²) >= 11 is 0. The average Bonchev–Trinajstić information content (AvgIpc) is 3.53. The quantitative estimate of drug-likeness (QED) is 0.257.